The Labute approximate surface area is 99.9 Å². The average Bonchev–Trinajstić information content (AvgIpc) is 2.28. The number of aliphatic hydroxyl groups excluding tert-OH is 1. The Morgan fingerprint density at radius 2 is 2.18 bits per heavy atom. The summed E-state index contributed by atoms with van der Waals surface area (Å²) in [5, 5.41) is 17.9. The maximum Gasteiger partial charge on any atom is 0.356 e. The largest absolute Gasteiger partial charge is 0.476 e. The highest BCUT2D eigenvalue weighted by atomic mass is 16.4. The van der Waals surface area contributed by atoms with Crippen molar-refractivity contribution in [3.05, 3.63) is 17.7 Å². The van der Waals surface area contributed by atoms with Crippen molar-refractivity contribution in [1.29, 1.82) is 0 Å². The van der Waals surface area contributed by atoms with Crippen LogP contribution in [0.2, 0.25) is 0 Å². The number of aromatic carboxylic acids is 1. The van der Waals surface area contributed by atoms with Crippen LogP contribution in [-0.2, 0) is 0 Å². The van der Waals surface area contributed by atoms with E-state index in [2.05, 4.69) is 9.97 Å². The van der Waals surface area contributed by atoms with Crippen molar-refractivity contribution in [2.24, 2.45) is 0 Å². The summed E-state index contributed by atoms with van der Waals surface area (Å²) < 4.78 is 0. The second-order valence-corrected chi connectivity index (χ2v) is 4.07. The number of carbonyl (C=O) groups is 1. The maximum atomic E-state index is 11.1. The summed E-state index contributed by atoms with van der Waals surface area (Å²) in [5.74, 6) is -0.511. The first-order chi connectivity index (χ1) is 7.97. The molecule has 0 aliphatic heterocycles. The van der Waals surface area contributed by atoms with Crippen molar-refractivity contribution in [2.45, 2.75) is 19.8 Å². The van der Waals surface area contributed by atoms with E-state index in [1.165, 1.54) is 6.20 Å². The normalized spacial score (nSPS) is 10.6. The molecule has 0 unspecified atom stereocenters. The van der Waals surface area contributed by atoms with Gasteiger partial charge in [-0.3, -0.25) is 0 Å². The van der Waals surface area contributed by atoms with Gasteiger partial charge in [0.1, 0.15) is 5.82 Å². The van der Waals surface area contributed by atoms with Gasteiger partial charge in [-0.05, 0) is 0 Å². The second-order valence-electron chi connectivity index (χ2n) is 4.07. The lowest BCUT2D eigenvalue weighted by atomic mass is 10.2. The van der Waals surface area contributed by atoms with E-state index in [-0.39, 0.29) is 18.2 Å². The van der Waals surface area contributed by atoms with Crippen LogP contribution < -0.4 is 4.90 Å². The van der Waals surface area contributed by atoms with Crippen molar-refractivity contribution < 1.29 is 15.0 Å². The molecule has 1 heterocycles. The number of nitrogens with zero attached hydrogens (tertiary/aromatic N) is 3. The van der Waals surface area contributed by atoms with Gasteiger partial charge in [0, 0.05) is 19.5 Å². The molecule has 1 aromatic heterocycles. The van der Waals surface area contributed by atoms with Gasteiger partial charge < -0.3 is 15.1 Å². The fraction of sp³-hybridized carbons (Fsp3) is 0.545. The third kappa shape index (κ3) is 3.13. The van der Waals surface area contributed by atoms with Crippen LogP contribution in [0.3, 0.4) is 0 Å². The Bertz CT molecular complexity index is 407. The van der Waals surface area contributed by atoms with E-state index >= 15 is 0 Å². The van der Waals surface area contributed by atoms with E-state index < -0.39 is 5.97 Å². The summed E-state index contributed by atoms with van der Waals surface area (Å²) in [6.45, 7) is 4.09. The Morgan fingerprint density at radius 1 is 1.53 bits per heavy atom. The highest BCUT2D eigenvalue weighted by molar-refractivity contribution is 5.91. The molecule has 2 N–H and O–H groups in total. The Kier molecular flexibility index (Phi) is 4.39. The lowest BCUT2D eigenvalue weighted by Crippen LogP contribution is -2.25. The summed E-state index contributed by atoms with van der Waals surface area (Å²) in [6, 6.07) is 0. The van der Waals surface area contributed by atoms with Gasteiger partial charge in [-0.15, -0.1) is 0 Å². The molecular weight excluding hydrogens is 222 g/mol. The number of aromatic nitrogens is 2. The smallest absolute Gasteiger partial charge is 0.356 e. The first-order valence-electron chi connectivity index (χ1n) is 5.39. The van der Waals surface area contributed by atoms with Crippen molar-refractivity contribution in [3.8, 4) is 0 Å². The predicted molar refractivity (Wildman–Crippen MR) is 63.4 cm³/mol. The van der Waals surface area contributed by atoms with Crippen LogP contribution >= 0.6 is 0 Å². The van der Waals surface area contributed by atoms with Crippen LogP contribution in [-0.4, -0.2) is 46.3 Å². The molecule has 1 aromatic rings. The van der Waals surface area contributed by atoms with Crippen molar-refractivity contribution in [2.75, 3.05) is 25.1 Å². The number of carboxylic acids is 1. The van der Waals surface area contributed by atoms with Gasteiger partial charge in [0.25, 0.3) is 0 Å². The highest BCUT2D eigenvalue weighted by Gasteiger charge is 2.17. The summed E-state index contributed by atoms with van der Waals surface area (Å²) >= 11 is 0. The summed E-state index contributed by atoms with van der Waals surface area (Å²) in [5.41, 5.74) is 0.385. The Balaban J connectivity index is 3.17. The highest BCUT2D eigenvalue weighted by Crippen LogP contribution is 2.19. The third-order valence-corrected chi connectivity index (χ3v) is 2.35. The molecule has 0 bridgehead atoms. The number of rotatable bonds is 5. The molecular formula is C11H17N3O3. The summed E-state index contributed by atoms with van der Waals surface area (Å²) in [6.07, 6.45) is 1.49. The van der Waals surface area contributed by atoms with Crippen LogP contribution in [0.4, 0.5) is 5.69 Å². The van der Waals surface area contributed by atoms with Crippen molar-refractivity contribution in [1.82, 2.24) is 9.97 Å². The minimum atomic E-state index is -1.09. The third-order valence-electron chi connectivity index (χ3n) is 2.35. The lowest BCUT2D eigenvalue weighted by molar-refractivity contribution is 0.0690. The zero-order valence-corrected chi connectivity index (χ0v) is 10.2. The van der Waals surface area contributed by atoms with E-state index in [1.807, 2.05) is 13.8 Å². The van der Waals surface area contributed by atoms with Crippen LogP contribution in [0, 0.1) is 0 Å². The first-order valence-corrected chi connectivity index (χ1v) is 5.39. The van der Waals surface area contributed by atoms with E-state index in [9.17, 15) is 4.79 Å². The lowest BCUT2D eigenvalue weighted by Gasteiger charge is -2.19. The number of hydrogen-bond acceptors (Lipinski definition) is 5. The molecule has 17 heavy (non-hydrogen) atoms. The molecule has 6 nitrogen and oxygen atoms in total. The number of carboxylic acid groups (broad SMARTS) is 1. The molecule has 0 amide bonds. The molecule has 0 aliphatic carbocycles. The number of anilines is 1. The molecule has 94 valence electrons. The van der Waals surface area contributed by atoms with Crippen LogP contribution in [0.15, 0.2) is 6.20 Å². The molecule has 0 aromatic carbocycles. The minimum Gasteiger partial charge on any atom is -0.476 e. The summed E-state index contributed by atoms with van der Waals surface area (Å²) in [4.78, 5) is 20.9. The van der Waals surface area contributed by atoms with Gasteiger partial charge in [-0.1, -0.05) is 13.8 Å². The molecule has 6 heteroatoms. The van der Waals surface area contributed by atoms with E-state index in [0.29, 0.717) is 18.1 Å². The number of hydrogen-bond donors (Lipinski definition) is 2. The number of likely N-dealkylation sites (N-methyl/N-ethyl adjacent to an activating group) is 1. The van der Waals surface area contributed by atoms with Gasteiger partial charge in [-0.25, -0.2) is 14.8 Å². The van der Waals surface area contributed by atoms with E-state index in [0.717, 1.165) is 0 Å². The Morgan fingerprint density at radius 3 is 2.65 bits per heavy atom. The standard InChI is InChI=1S/C11H17N3O3/c1-7(2)10-12-6-8(14(3)4-5-15)9(13-10)11(16)17/h6-7,15H,4-5H2,1-3H3,(H,16,17). The van der Waals surface area contributed by atoms with Crippen molar-refractivity contribution in [3.63, 3.8) is 0 Å². The second kappa shape index (κ2) is 5.58. The van der Waals surface area contributed by atoms with Gasteiger partial charge >= 0.3 is 5.97 Å². The molecule has 0 saturated carbocycles. The van der Waals surface area contributed by atoms with Crippen LogP contribution in [0.5, 0.6) is 0 Å². The zero-order chi connectivity index (χ0) is 13.0. The zero-order valence-electron chi connectivity index (χ0n) is 10.2. The fourth-order valence-electron chi connectivity index (χ4n) is 1.37. The molecule has 0 spiro atoms. The molecule has 0 fully saturated rings. The van der Waals surface area contributed by atoms with Crippen LogP contribution in [0.1, 0.15) is 36.1 Å². The monoisotopic (exact) mass is 239 g/mol. The molecule has 0 atom stereocenters. The molecule has 0 saturated heterocycles. The van der Waals surface area contributed by atoms with Gasteiger partial charge in [0.2, 0.25) is 0 Å². The van der Waals surface area contributed by atoms with Gasteiger partial charge in [0.05, 0.1) is 18.5 Å². The van der Waals surface area contributed by atoms with Gasteiger partial charge in [0.15, 0.2) is 5.69 Å². The van der Waals surface area contributed by atoms with E-state index in [1.54, 1.807) is 11.9 Å². The first kappa shape index (κ1) is 13.4. The van der Waals surface area contributed by atoms with E-state index in [4.69, 9.17) is 10.2 Å². The summed E-state index contributed by atoms with van der Waals surface area (Å²) in [7, 11) is 1.69. The quantitative estimate of drug-likeness (QED) is 0.787. The fourth-order valence-corrected chi connectivity index (χ4v) is 1.37. The van der Waals surface area contributed by atoms with Crippen molar-refractivity contribution >= 4 is 11.7 Å². The van der Waals surface area contributed by atoms with Gasteiger partial charge in [-0.2, -0.15) is 0 Å². The SMILES string of the molecule is CC(C)c1ncc(N(C)CCO)c(C(=O)O)n1. The molecule has 0 aliphatic rings. The Hall–Kier alpha value is -1.69. The number of aliphatic hydroxyl groups is 1. The topological polar surface area (TPSA) is 86.5 Å². The minimum absolute atomic E-state index is 0.0281. The molecule has 1 rings (SSSR count). The average molecular weight is 239 g/mol. The van der Waals surface area contributed by atoms with Crippen LogP contribution in [0.25, 0.3) is 0 Å². The predicted octanol–water partition coefficient (Wildman–Crippen LogP) is 0.727. The maximum absolute atomic E-state index is 11.1. The molecule has 0 radical (unpaired) electrons.